The first-order valence-corrected chi connectivity index (χ1v) is 13.4. The predicted molar refractivity (Wildman–Crippen MR) is 153 cm³/mol. The maximum absolute atomic E-state index is 12.2. The Labute approximate surface area is 226 Å². The second kappa shape index (κ2) is 12.4. The maximum atomic E-state index is 12.2. The van der Waals surface area contributed by atoms with Gasteiger partial charge in [-0.3, -0.25) is 9.69 Å². The molecule has 0 aliphatic carbocycles. The van der Waals surface area contributed by atoms with E-state index in [2.05, 4.69) is 33.0 Å². The van der Waals surface area contributed by atoms with Gasteiger partial charge in [0.2, 0.25) is 5.56 Å². The number of pyridine rings is 1. The number of aromatic amines is 1. The van der Waals surface area contributed by atoms with Gasteiger partial charge in [-0.15, -0.1) is 23.7 Å². The number of benzene rings is 2. The summed E-state index contributed by atoms with van der Waals surface area (Å²) in [6.45, 7) is 7.90. The molecule has 9 heteroatoms. The molecule has 5 rings (SSSR count). The Hall–Kier alpha value is -3.07. The zero-order valence-electron chi connectivity index (χ0n) is 20.9. The zero-order chi connectivity index (χ0) is 24.9. The number of piperazine rings is 1. The van der Waals surface area contributed by atoms with Crippen molar-refractivity contribution in [2.75, 3.05) is 50.8 Å². The standard InChI is InChI=1S/C28H31N3O4S.ClH/c1-2-34-28(33)26-19-22-24(6-5-7-25(22)36-26)31-15-13-30(14-16-31)12-3-4-17-35-21-10-8-20-9-11-27(32)29-23(20)18-21;/h5-11,18-19H,2-4,12-17H2,1H3,(H,29,32);1H. The molecule has 0 spiro atoms. The molecule has 1 saturated heterocycles. The molecule has 37 heavy (non-hydrogen) atoms. The first-order chi connectivity index (χ1) is 17.6. The zero-order valence-corrected chi connectivity index (χ0v) is 22.5. The number of rotatable bonds is 9. The number of hydrogen-bond donors (Lipinski definition) is 1. The lowest BCUT2D eigenvalue weighted by molar-refractivity contribution is 0.0532. The molecule has 1 N–H and O–H groups in total. The van der Waals surface area contributed by atoms with Crippen molar-refractivity contribution in [2.24, 2.45) is 0 Å². The number of thiophene rings is 1. The van der Waals surface area contributed by atoms with Crippen LogP contribution in [0.25, 0.3) is 21.0 Å². The molecule has 0 unspecified atom stereocenters. The molecule has 0 saturated carbocycles. The fourth-order valence-electron chi connectivity index (χ4n) is 4.68. The van der Waals surface area contributed by atoms with Crippen molar-refractivity contribution < 1.29 is 14.3 Å². The van der Waals surface area contributed by atoms with Gasteiger partial charge in [-0.1, -0.05) is 6.07 Å². The van der Waals surface area contributed by atoms with E-state index < -0.39 is 0 Å². The van der Waals surface area contributed by atoms with Crippen LogP contribution in [-0.4, -0.2) is 61.8 Å². The van der Waals surface area contributed by atoms with Crippen LogP contribution >= 0.6 is 23.7 Å². The number of ether oxygens (including phenoxy) is 2. The molecule has 196 valence electrons. The van der Waals surface area contributed by atoms with Gasteiger partial charge in [-0.05, 0) is 68.1 Å². The summed E-state index contributed by atoms with van der Waals surface area (Å²) < 4.78 is 12.2. The third-order valence-corrected chi connectivity index (χ3v) is 7.64. The van der Waals surface area contributed by atoms with Crippen molar-refractivity contribution in [2.45, 2.75) is 19.8 Å². The summed E-state index contributed by atoms with van der Waals surface area (Å²) in [5.41, 5.74) is 1.89. The van der Waals surface area contributed by atoms with Crippen LogP contribution in [0, 0.1) is 0 Å². The van der Waals surface area contributed by atoms with E-state index in [9.17, 15) is 9.59 Å². The number of nitrogens with zero attached hydrogens (tertiary/aromatic N) is 2. The number of halogens is 1. The lowest BCUT2D eigenvalue weighted by atomic mass is 10.1. The summed E-state index contributed by atoms with van der Waals surface area (Å²) in [6.07, 6.45) is 2.06. The van der Waals surface area contributed by atoms with E-state index in [4.69, 9.17) is 9.47 Å². The second-order valence-corrected chi connectivity index (χ2v) is 10.1. The van der Waals surface area contributed by atoms with Gasteiger partial charge < -0.3 is 19.4 Å². The van der Waals surface area contributed by atoms with Crippen molar-refractivity contribution in [3.05, 3.63) is 69.8 Å². The van der Waals surface area contributed by atoms with Crippen LogP contribution in [0.1, 0.15) is 29.4 Å². The summed E-state index contributed by atoms with van der Waals surface area (Å²) >= 11 is 1.50. The first kappa shape index (κ1) is 27.0. The minimum absolute atomic E-state index is 0. The van der Waals surface area contributed by atoms with Gasteiger partial charge in [0.1, 0.15) is 10.6 Å². The van der Waals surface area contributed by atoms with Crippen LogP contribution in [0.2, 0.25) is 0 Å². The molecule has 2 aromatic carbocycles. The number of unbranched alkanes of at least 4 members (excludes halogenated alkanes) is 1. The van der Waals surface area contributed by atoms with Gasteiger partial charge in [0.25, 0.3) is 0 Å². The van der Waals surface area contributed by atoms with Gasteiger partial charge in [0, 0.05) is 54.1 Å². The van der Waals surface area contributed by atoms with Crippen LogP contribution in [0.4, 0.5) is 5.69 Å². The lowest BCUT2D eigenvalue weighted by Crippen LogP contribution is -2.46. The highest BCUT2D eigenvalue weighted by molar-refractivity contribution is 7.20. The molecule has 3 heterocycles. The van der Waals surface area contributed by atoms with Gasteiger partial charge >= 0.3 is 5.97 Å². The quantitative estimate of drug-likeness (QED) is 0.228. The average Bonchev–Trinajstić information content (AvgIpc) is 3.34. The monoisotopic (exact) mass is 541 g/mol. The Morgan fingerprint density at radius 2 is 1.84 bits per heavy atom. The van der Waals surface area contributed by atoms with Crippen LogP contribution in [0.15, 0.2) is 59.4 Å². The van der Waals surface area contributed by atoms with E-state index in [0.29, 0.717) is 18.1 Å². The van der Waals surface area contributed by atoms with Crippen molar-refractivity contribution in [1.29, 1.82) is 0 Å². The number of esters is 1. The molecular weight excluding hydrogens is 510 g/mol. The van der Waals surface area contributed by atoms with Gasteiger partial charge in [-0.25, -0.2) is 4.79 Å². The topological polar surface area (TPSA) is 74.9 Å². The van der Waals surface area contributed by atoms with Crippen molar-refractivity contribution in [3.8, 4) is 5.75 Å². The Kier molecular flexibility index (Phi) is 9.08. The fraction of sp³-hybridized carbons (Fsp3) is 0.357. The lowest BCUT2D eigenvalue weighted by Gasteiger charge is -2.36. The van der Waals surface area contributed by atoms with E-state index in [1.807, 2.05) is 37.3 Å². The molecular formula is C28H32ClN3O4S. The highest BCUT2D eigenvalue weighted by Gasteiger charge is 2.20. The molecule has 0 bridgehead atoms. The molecule has 4 aromatic rings. The first-order valence-electron chi connectivity index (χ1n) is 12.5. The Bertz CT molecular complexity index is 1410. The van der Waals surface area contributed by atoms with E-state index in [1.165, 1.54) is 23.1 Å². The molecule has 1 fully saturated rings. The smallest absolute Gasteiger partial charge is 0.348 e. The number of aromatic nitrogens is 1. The van der Waals surface area contributed by atoms with Gasteiger partial charge in [-0.2, -0.15) is 0 Å². The number of carbonyl (C=O) groups is 1. The number of carbonyl (C=O) groups excluding carboxylic acids is 1. The average molecular weight is 542 g/mol. The summed E-state index contributed by atoms with van der Waals surface area (Å²) in [4.78, 5) is 32.2. The highest BCUT2D eigenvalue weighted by atomic mass is 35.5. The number of anilines is 1. The molecule has 1 aliphatic rings. The van der Waals surface area contributed by atoms with Gasteiger partial charge in [0.15, 0.2) is 0 Å². The van der Waals surface area contributed by atoms with E-state index in [-0.39, 0.29) is 23.9 Å². The third-order valence-electron chi connectivity index (χ3n) is 6.56. The van der Waals surface area contributed by atoms with Crippen molar-refractivity contribution in [3.63, 3.8) is 0 Å². The molecule has 0 radical (unpaired) electrons. The SMILES string of the molecule is CCOC(=O)c1cc2c(N3CCN(CCCCOc4ccc5ccc(=O)[nH]c5c4)CC3)cccc2s1.Cl. The molecule has 0 amide bonds. The number of hydrogen-bond acceptors (Lipinski definition) is 7. The fourth-order valence-corrected chi connectivity index (χ4v) is 5.66. The number of H-pyrrole nitrogens is 1. The molecule has 1 aliphatic heterocycles. The van der Waals surface area contributed by atoms with Crippen LogP contribution in [0.5, 0.6) is 5.75 Å². The van der Waals surface area contributed by atoms with Crippen LogP contribution < -0.4 is 15.2 Å². The Balaban J connectivity index is 0.00000320. The van der Waals surface area contributed by atoms with Crippen molar-refractivity contribution in [1.82, 2.24) is 9.88 Å². The molecule has 0 atom stereocenters. The minimum atomic E-state index is -0.242. The number of nitrogens with one attached hydrogen (secondary N) is 1. The van der Waals surface area contributed by atoms with Crippen molar-refractivity contribution >= 4 is 56.4 Å². The number of fused-ring (bicyclic) bond motifs is 2. The normalized spacial score (nSPS) is 14.0. The molecule has 7 nitrogen and oxygen atoms in total. The Morgan fingerprint density at radius 3 is 2.65 bits per heavy atom. The summed E-state index contributed by atoms with van der Waals surface area (Å²) in [7, 11) is 0. The Morgan fingerprint density at radius 1 is 1.03 bits per heavy atom. The predicted octanol–water partition coefficient (Wildman–Crippen LogP) is 5.32. The highest BCUT2D eigenvalue weighted by Crippen LogP contribution is 2.34. The van der Waals surface area contributed by atoms with E-state index >= 15 is 0 Å². The largest absolute Gasteiger partial charge is 0.494 e. The van der Waals surface area contributed by atoms with Gasteiger partial charge in [0.05, 0.1) is 18.7 Å². The summed E-state index contributed by atoms with van der Waals surface area (Å²) in [5, 5.41) is 2.13. The third kappa shape index (κ3) is 6.44. The molecule has 2 aromatic heterocycles. The van der Waals surface area contributed by atoms with E-state index in [0.717, 1.165) is 72.3 Å². The maximum Gasteiger partial charge on any atom is 0.348 e. The summed E-state index contributed by atoms with van der Waals surface area (Å²) in [5.74, 6) is 0.542. The van der Waals surface area contributed by atoms with E-state index in [1.54, 1.807) is 0 Å². The van der Waals surface area contributed by atoms with Crippen LogP contribution in [-0.2, 0) is 4.74 Å². The summed E-state index contributed by atoms with van der Waals surface area (Å²) in [6, 6.07) is 17.4. The minimum Gasteiger partial charge on any atom is -0.494 e. The van der Waals surface area contributed by atoms with Crippen LogP contribution in [0.3, 0.4) is 0 Å². The second-order valence-electron chi connectivity index (χ2n) is 8.98.